The van der Waals surface area contributed by atoms with Gasteiger partial charge in [-0.05, 0) is 32.9 Å². The Hall–Kier alpha value is -2.25. The van der Waals surface area contributed by atoms with Crippen molar-refractivity contribution in [3.8, 4) is 0 Å². The largest absolute Gasteiger partial charge is 0.444 e. The average Bonchev–Trinajstić information content (AvgIpc) is 2.44. The van der Waals surface area contributed by atoms with Gasteiger partial charge in [0, 0.05) is 20.1 Å². The zero-order chi connectivity index (χ0) is 18.5. The van der Waals surface area contributed by atoms with Crippen LogP contribution in [0.2, 0.25) is 0 Å². The van der Waals surface area contributed by atoms with Crippen LogP contribution in [0, 0.1) is 0 Å². The lowest BCUT2D eigenvalue weighted by molar-refractivity contribution is -0.137. The number of alkyl halides is 3. The number of halogens is 3. The fraction of sp³-hybridized carbons (Fsp3) is 0.500. The highest BCUT2D eigenvalue weighted by molar-refractivity contribution is 5.95. The molecule has 0 bridgehead atoms. The molecule has 0 aliphatic carbocycles. The first-order valence-electron chi connectivity index (χ1n) is 7.30. The maximum absolute atomic E-state index is 12.9. The molecule has 134 valence electrons. The van der Waals surface area contributed by atoms with E-state index in [1.807, 2.05) is 0 Å². The first-order valence-corrected chi connectivity index (χ1v) is 7.30. The minimum absolute atomic E-state index is 0.000762. The highest BCUT2D eigenvalue weighted by Gasteiger charge is 2.34. The molecule has 1 aromatic rings. The van der Waals surface area contributed by atoms with Gasteiger partial charge in [-0.3, -0.25) is 4.79 Å². The van der Waals surface area contributed by atoms with Crippen LogP contribution in [0.3, 0.4) is 0 Å². The molecule has 1 N–H and O–H groups in total. The van der Waals surface area contributed by atoms with Crippen LogP contribution in [0.4, 0.5) is 18.0 Å². The summed E-state index contributed by atoms with van der Waals surface area (Å²) in [5.74, 6) is -0.847. The summed E-state index contributed by atoms with van der Waals surface area (Å²) in [5, 5.41) is 2.37. The minimum atomic E-state index is -4.61. The second-order valence-electron chi connectivity index (χ2n) is 6.20. The Kier molecular flexibility index (Phi) is 6.22. The van der Waals surface area contributed by atoms with Crippen LogP contribution < -0.4 is 5.32 Å². The molecule has 0 aliphatic heterocycles. The van der Waals surface area contributed by atoms with Crippen LogP contribution in [0.5, 0.6) is 0 Å². The zero-order valence-corrected chi connectivity index (χ0v) is 14.0. The number of ether oxygens (including phenoxy) is 1. The van der Waals surface area contributed by atoms with Gasteiger partial charge in [-0.15, -0.1) is 0 Å². The van der Waals surface area contributed by atoms with Crippen molar-refractivity contribution in [2.45, 2.75) is 32.5 Å². The summed E-state index contributed by atoms with van der Waals surface area (Å²) >= 11 is 0. The van der Waals surface area contributed by atoms with Crippen LogP contribution in [0.25, 0.3) is 0 Å². The first-order chi connectivity index (χ1) is 10.9. The number of hydrogen-bond donors (Lipinski definition) is 1. The molecule has 0 heterocycles. The standard InChI is InChI=1S/C16H21F3N2O3/c1-15(2,3)24-14(23)21(4)10-9-20-13(22)11-7-5-6-8-12(11)16(17,18)19/h5-8H,9-10H2,1-4H3,(H,20,22). The maximum Gasteiger partial charge on any atom is 0.417 e. The maximum atomic E-state index is 12.9. The molecule has 0 saturated carbocycles. The van der Waals surface area contributed by atoms with Gasteiger partial charge in [0.25, 0.3) is 5.91 Å². The number of benzene rings is 1. The topological polar surface area (TPSA) is 58.6 Å². The fourth-order valence-corrected chi connectivity index (χ4v) is 1.79. The molecule has 0 aliphatic rings. The number of carbonyl (C=O) groups excluding carboxylic acids is 2. The van der Waals surface area contributed by atoms with Crippen LogP contribution in [-0.2, 0) is 10.9 Å². The van der Waals surface area contributed by atoms with Crippen molar-refractivity contribution in [1.82, 2.24) is 10.2 Å². The Labute approximate surface area is 138 Å². The van der Waals surface area contributed by atoms with Crippen molar-refractivity contribution in [2.75, 3.05) is 20.1 Å². The third-order valence-corrected chi connectivity index (χ3v) is 2.92. The molecule has 1 aromatic carbocycles. The van der Waals surface area contributed by atoms with Crippen molar-refractivity contribution in [3.63, 3.8) is 0 Å². The van der Waals surface area contributed by atoms with Crippen molar-refractivity contribution in [1.29, 1.82) is 0 Å². The Morgan fingerprint density at radius 2 is 1.75 bits per heavy atom. The van der Waals surface area contributed by atoms with E-state index in [4.69, 9.17) is 4.74 Å². The summed E-state index contributed by atoms with van der Waals surface area (Å²) in [5.41, 5.74) is -2.10. The number of rotatable bonds is 4. The second-order valence-corrected chi connectivity index (χ2v) is 6.20. The minimum Gasteiger partial charge on any atom is -0.444 e. The van der Waals surface area contributed by atoms with E-state index >= 15 is 0 Å². The van der Waals surface area contributed by atoms with Gasteiger partial charge in [-0.1, -0.05) is 12.1 Å². The molecular weight excluding hydrogens is 325 g/mol. The summed E-state index contributed by atoms with van der Waals surface area (Å²) in [6, 6.07) is 4.53. The highest BCUT2D eigenvalue weighted by Crippen LogP contribution is 2.31. The number of amides is 2. The average molecular weight is 346 g/mol. The van der Waals surface area contributed by atoms with E-state index < -0.39 is 34.9 Å². The zero-order valence-electron chi connectivity index (χ0n) is 14.0. The lowest BCUT2D eigenvalue weighted by atomic mass is 10.1. The summed E-state index contributed by atoms with van der Waals surface area (Å²) in [4.78, 5) is 24.9. The van der Waals surface area contributed by atoms with Crippen LogP contribution in [0.1, 0.15) is 36.7 Å². The third kappa shape index (κ3) is 6.10. The number of hydrogen-bond acceptors (Lipinski definition) is 3. The van der Waals surface area contributed by atoms with Gasteiger partial charge in [0.15, 0.2) is 0 Å². The molecule has 5 nitrogen and oxygen atoms in total. The summed E-state index contributed by atoms with van der Waals surface area (Å²) in [6.45, 7) is 5.26. The molecule has 0 fully saturated rings. The summed E-state index contributed by atoms with van der Waals surface area (Å²) in [7, 11) is 1.48. The smallest absolute Gasteiger partial charge is 0.417 e. The van der Waals surface area contributed by atoms with Gasteiger partial charge >= 0.3 is 12.3 Å². The van der Waals surface area contributed by atoms with E-state index in [9.17, 15) is 22.8 Å². The molecule has 24 heavy (non-hydrogen) atoms. The molecule has 0 radical (unpaired) electrons. The summed E-state index contributed by atoms with van der Waals surface area (Å²) < 4.78 is 43.8. The van der Waals surface area contributed by atoms with E-state index in [0.29, 0.717) is 0 Å². The van der Waals surface area contributed by atoms with Crippen LogP contribution in [0.15, 0.2) is 24.3 Å². The molecule has 0 saturated heterocycles. The normalized spacial score (nSPS) is 11.8. The quantitative estimate of drug-likeness (QED) is 0.910. The third-order valence-electron chi connectivity index (χ3n) is 2.92. The lowest BCUT2D eigenvalue weighted by Gasteiger charge is -2.24. The van der Waals surface area contributed by atoms with Gasteiger partial charge in [0.05, 0.1) is 11.1 Å². The van der Waals surface area contributed by atoms with Gasteiger partial charge < -0.3 is 15.0 Å². The van der Waals surface area contributed by atoms with Crippen LogP contribution >= 0.6 is 0 Å². The lowest BCUT2D eigenvalue weighted by Crippen LogP contribution is -2.39. The Morgan fingerprint density at radius 1 is 1.17 bits per heavy atom. The number of likely N-dealkylation sites (N-methyl/N-ethyl adjacent to an activating group) is 1. The van der Waals surface area contributed by atoms with Crippen LogP contribution in [-0.4, -0.2) is 42.6 Å². The molecule has 0 unspecified atom stereocenters. The van der Waals surface area contributed by atoms with E-state index in [1.165, 1.54) is 24.1 Å². The molecule has 8 heteroatoms. The Balaban J connectivity index is 2.61. The number of carbonyl (C=O) groups is 2. The van der Waals surface area contributed by atoms with Gasteiger partial charge in [-0.25, -0.2) is 4.79 Å². The monoisotopic (exact) mass is 346 g/mol. The van der Waals surface area contributed by atoms with Crippen molar-refractivity contribution in [2.24, 2.45) is 0 Å². The van der Waals surface area contributed by atoms with Gasteiger partial charge in [0.1, 0.15) is 5.60 Å². The molecular formula is C16H21F3N2O3. The van der Waals surface area contributed by atoms with Crippen molar-refractivity contribution in [3.05, 3.63) is 35.4 Å². The van der Waals surface area contributed by atoms with Crippen molar-refractivity contribution >= 4 is 12.0 Å². The molecule has 2 amide bonds. The highest BCUT2D eigenvalue weighted by atomic mass is 19.4. The molecule has 0 spiro atoms. The predicted molar refractivity (Wildman–Crippen MR) is 82.6 cm³/mol. The van der Waals surface area contributed by atoms with E-state index in [2.05, 4.69) is 5.32 Å². The fourth-order valence-electron chi connectivity index (χ4n) is 1.79. The van der Waals surface area contributed by atoms with E-state index in [1.54, 1.807) is 20.8 Å². The Morgan fingerprint density at radius 3 is 2.29 bits per heavy atom. The molecule has 1 rings (SSSR count). The number of nitrogens with one attached hydrogen (secondary N) is 1. The van der Waals surface area contributed by atoms with E-state index in [0.717, 1.165) is 12.1 Å². The molecule has 0 aromatic heterocycles. The first kappa shape index (κ1) is 19.8. The number of nitrogens with zero attached hydrogens (tertiary/aromatic N) is 1. The SMILES string of the molecule is CN(CCNC(=O)c1ccccc1C(F)(F)F)C(=O)OC(C)(C)C. The van der Waals surface area contributed by atoms with Crippen molar-refractivity contribution < 1.29 is 27.5 Å². The predicted octanol–water partition coefficient (Wildman–Crippen LogP) is 3.30. The summed E-state index contributed by atoms with van der Waals surface area (Å²) in [6.07, 6.45) is -5.19. The van der Waals surface area contributed by atoms with Gasteiger partial charge in [0.2, 0.25) is 0 Å². The molecule has 0 atom stereocenters. The Bertz CT molecular complexity index is 595. The van der Waals surface area contributed by atoms with Gasteiger partial charge in [-0.2, -0.15) is 13.2 Å². The van der Waals surface area contributed by atoms with E-state index in [-0.39, 0.29) is 13.1 Å². The second kappa shape index (κ2) is 7.55.